The number of fused-ring (bicyclic) bond motifs is 11. The third-order valence-electron chi connectivity index (χ3n) is 15.3. The average molecular weight is 884 g/mol. The molecule has 320 valence electrons. The van der Waals surface area contributed by atoms with Crippen LogP contribution in [-0.2, 0) is 5.41 Å². The monoisotopic (exact) mass is 883 g/mol. The first kappa shape index (κ1) is 39.0. The van der Waals surface area contributed by atoms with Crippen molar-refractivity contribution in [2.75, 3.05) is 0 Å². The average Bonchev–Trinajstić information content (AvgIpc) is 3.85. The zero-order valence-corrected chi connectivity index (χ0v) is 38.9. The zero-order chi connectivity index (χ0) is 45.1. The Kier molecular flexibility index (Phi) is 8.38. The summed E-state index contributed by atoms with van der Waals surface area (Å²) >= 11 is 0. The molecule has 1 unspecified atom stereocenters. The number of ether oxygens (including phenoxy) is 1. The van der Waals surface area contributed by atoms with Gasteiger partial charge in [-0.1, -0.05) is 208 Å². The van der Waals surface area contributed by atoms with E-state index in [0.717, 1.165) is 28.3 Å². The molecule has 1 aliphatic heterocycles. The van der Waals surface area contributed by atoms with E-state index >= 15 is 0 Å². The molecular formula is C65H45NOSi. The Balaban J connectivity index is 1.02. The highest BCUT2D eigenvalue weighted by atomic mass is 28.3. The summed E-state index contributed by atoms with van der Waals surface area (Å²) in [7, 11) is -3.21. The smallest absolute Gasteiger partial charge is 0.188 e. The van der Waals surface area contributed by atoms with E-state index in [1.807, 2.05) is 0 Å². The summed E-state index contributed by atoms with van der Waals surface area (Å²) in [6, 6.07) is 88.3. The topological polar surface area (TPSA) is 14.2 Å². The molecule has 1 atom stereocenters. The summed E-state index contributed by atoms with van der Waals surface area (Å²) in [6.45, 7) is 4.77. The van der Waals surface area contributed by atoms with Gasteiger partial charge in [0, 0.05) is 27.4 Å². The van der Waals surface area contributed by atoms with Gasteiger partial charge in [0.1, 0.15) is 11.5 Å². The van der Waals surface area contributed by atoms with Crippen LogP contribution in [0.4, 0.5) is 0 Å². The lowest BCUT2D eigenvalue weighted by Crippen LogP contribution is -2.76. The van der Waals surface area contributed by atoms with E-state index in [9.17, 15) is 0 Å². The van der Waals surface area contributed by atoms with Gasteiger partial charge in [-0.3, -0.25) is 0 Å². The molecule has 1 aliphatic carbocycles. The van der Waals surface area contributed by atoms with Gasteiger partial charge in [-0.15, -0.1) is 0 Å². The highest BCUT2D eigenvalue weighted by Gasteiger charge is 2.50. The molecule has 2 heterocycles. The van der Waals surface area contributed by atoms with Crippen LogP contribution in [0.3, 0.4) is 0 Å². The Morgan fingerprint density at radius 1 is 0.382 bits per heavy atom. The molecule has 0 N–H and O–H groups in total. The number of hydrogen-bond acceptors (Lipinski definition) is 1. The number of para-hydroxylation sites is 4. The Bertz CT molecular complexity index is 3980. The van der Waals surface area contributed by atoms with Crippen LogP contribution in [0.25, 0.3) is 82.4 Å². The van der Waals surface area contributed by atoms with Gasteiger partial charge in [0.05, 0.1) is 11.0 Å². The van der Waals surface area contributed by atoms with Crippen LogP contribution < -0.4 is 25.5 Å². The van der Waals surface area contributed by atoms with E-state index in [4.69, 9.17) is 4.74 Å². The molecule has 1 aromatic heterocycles. The second-order valence-electron chi connectivity index (χ2n) is 19.1. The first-order valence-corrected chi connectivity index (χ1v) is 25.7. The van der Waals surface area contributed by atoms with Crippen LogP contribution in [0.1, 0.15) is 25.0 Å². The highest BCUT2D eigenvalue weighted by molar-refractivity contribution is 7.21. The number of nitrogens with zero attached hydrogens (tertiary/aromatic N) is 1. The van der Waals surface area contributed by atoms with E-state index in [1.165, 1.54) is 97.5 Å². The minimum atomic E-state index is -3.21. The van der Waals surface area contributed by atoms with E-state index < -0.39 is 8.07 Å². The van der Waals surface area contributed by atoms with E-state index in [-0.39, 0.29) is 5.41 Å². The first-order chi connectivity index (χ1) is 33.5. The molecule has 0 amide bonds. The lowest BCUT2D eigenvalue weighted by atomic mass is 9.81. The van der Waals surface area contributed by atoms with Gasteiger partial charge in [-0.05, 0) is 124 Å². The van der Waals surface area contributed by atoms with Gasteiger partial charge < -0.3 is 9.30 Å². The quantitative estimate of drug-likeness (QED) is 0.124. The van der Waals surface area contributed by atoms with Gasteiger partial charge in [0.15, 0.2) is 8.07 Å². The number of aromatic nitrogens is 1. The lowest BCUT2D eigenvalue weighted by Gasteiger charge is -2.41. The SMILES string of the molecule is CC1(C)c2cc(-c3ccccc3)ccc2-c2ccc(-c3cccc4c3Oc3ccccc3[Si]4(c3ccc(-n4c5ccccc5c5ccccc54)cc3)c3cc4ccccc4c4ccccc34)cc21. The molecule has 0 radical (unpaired) electrons. The van der Waals surface area contributed by atoms with Crippen molar-refractivity contribution in [3.63, 3.8) is 0 Å². The minimum Gasteiger partial charge on any atom is -0.457 e. The zero-order valence-electron chi connectivity index (χ0n) is 37.9. The Labute approximate surface area is 397 Å². The predicted octanol–water partition coefficient (Wildman–Crippen LogP) is 14.2. The fourth-order valence-corrected chi connectivity index (χ4v) is 17.4. The summed E-state index contributed by atoms with van der Waals surface area (Å²) in [4.78, 5) is 0. The van der Waals surface area contributed by atoms with Crippen LogP contribution in [0.15, 0.2) is 237 Å². The van der Waals surface area contributed by atoms with Crippen molar-refractivity contribution in [1.29, 1.82) is 0 Å². The third kappa shape index (κ3) is 5.45. The molecule has 2 nitrogen and oxygen atoms in total. The van der Waals surface area contributed by atoms with Gasteiger partial charge in [-0.2, -0.15) is 0 Å². The standard InChI is InChI=1S/C65H45NOSi/c1-65(2)56-39-43(42-17-4-3-5-18-42)31-37-51(56)52-38-32-45(40-57(52)65)49-25-16-30-62-64(49)67-60-28-14-15-29-61(60)68(62,63-41-44-19-6-7-20-48(44)50-21-8-9-24-55(50)63)47-35-33-46(34-36-47)66-58-26-12-10-22-53(58)54-23-11-13-27-59(54)66/h3-41H,1-2H3. The molecule has 11 aromatic carbocycles. The van der Waals surface area contributed by atoms with Gasteiger partial charge in [0.25, 0.3) is 0 Å². The molecule has 0 saturated carbocycles. The fraction of sp³-hybridized carbons (Fsp3) is 0.0462. The summed E-state index contributed by atoms with van der Waals surface area (Å²) in [5, 5.41) is 12.8. The van der Waals surface area contributed by atoms with Crippen molar-refractivity contribution in [2.45, 2.75) is 19.3 Å². The van der Waals surface area contributed by atoms with Gasteiger partial charge >= 0.3 is 0 Å². The van der Waals surface area contributed by atoms with Crippen LogP contribution in [-0.4, -0.2) is 12.6 Å². The summed E-state index contributed by atoms with van der Waals surface area (Å²) in [5.74, 6) is 1.87. The number of benzene rings is 11. The van der Waals surface area contributed by atoms with Gasteiger partial charge in [0.2, 0.25) is 0 Å². The van der Waals surface area contributed by atoms with Crippen molar-refractivity contribution in [3.05, 3.63) is 248 Å². The number of rotatable bonds is 5. The molecule has 0 fully saturated rings. The second-order valence-corrected chi connectivity index (χ2v) is 22.8. The molecule has 2 aliphatic rings. The summed E-state index contributed by atoms with van der Waals surface area (Å²) in [5.41, 5.74) is 13.4. The molecule has 68 heavy (non-hydrogen) atoms. The minimum absolute atomic E-state index is 0.200. The fourth-order valence-electron chi connectivity index (χ4n) is 12.2. The normalized spacial score (nSPS) is 15.5. The van der Waals surface area contributed by atoms with Crippen molar-refractivity contribution in [2.24, 2.45) is 0 Å². The summed E-state index contributed by atoms with van der Waals surface area (Å²) < 4.78 is 9.79. The molecular weight excluding hydrogens is 839 g/mol. The molecule has 14 rings (SSSR count). The Hall–Kier alpha value is -8.24. The van der Waals surface area contributed by atoms with Crippen molar-refractivity contribution in [3.8, 4) is 50.6 Å². The van der Waals surface area contributed by atoms with Crippen molar-refractivity contribution >= 4 is 72.2 Å². The molecule has 12 aromatic rings. The maximum absolute atomic E-state index is 7.37. The summed E-state index contributed by atoms with van der Waals surface area (Å²) in [6.07, 6.45) is 0. The molecule has 0 saturated heterocycles. The van der Waals surface area contributed by atoms with Crippen LogP contribution in [0.2, 0.25) is 0 Å². The van der Waals surface area contributed by atoms with E-state index in [1.54, 1.807) is 0 Å². The predicted molar refractivity (Wildman–Crippen MR) is 288 cm³/mol. The third-order valence-corrected chi connectivity index (χ3v) is 20.2. The molecule has 3 heteroatoms. The van der Waals surface area contributed by atoms with Crippen LogP contribution >= 0.6 is 0 Å². The van der Waals surface area contributed by atoms with Gasteiger partial charge in [-0.25, -0.2) is 0 Å². The largest absolute Gasteiger partial charge is 0.457 e. The maximum atomic E-state index is 7.37. The van der Waals surface area contributed by atoms with Crippen LogP contribution in [0.5, 0.6) is 11.5 Å². The first-order valence-electron chi connectivity index (χ1n) is 23.7. The lowest BCUT2D eigenvalue weighted by molar-refractivity contribution is 0.489. The van der Waals surface area contributed by atoms with Crippen LogP contribution in [0, 0.1) is 0 Å². The molecule has 0 bridgehead atoms. The highest BCUT2D eigenvalue weighted by Crippen LogP contribution is 2.51. The van der Waals surface area contributed by atoms with E-state index in [2.05, 4.69) is 255 Å². The van der Waals surface area contributed by atoms with E-state index in [0.29, 0.717) is 0 Å². The maximum Gasteiger partial charge on any atom is 0.188 e. The Morgan fingerprint density at radius 3 is 1.69 bits per heavy atom. The molecule has 0 spiro atoms. The van der Waals surface area contributed by atoms with Crippen molar-refractivity contribution in [1.82, 2.24) is 4.57 Å². The van der Waals surface area contributed by atoms with Crippen molar-refractivity contribution < 1.29 is 4.74 Å². The number of hydrogen-bond donors (Lipinski definition) is 0. The Morgan fingerprint density at radius 2 is 0.956 bits per heavy atom. The second kappa shape index (κ2) is 14.6.